The van der Waals surface area contributed by atoms with Crippen molar-refractivity contribution in [1.29, 1.82) is 0 Å². The smallest absolute Gasteiger partial charge is 0.343 e. The monoisotopic (exact) mass is 469 g/mol. The zero-order valence-corrected chi connectivity index (χ0v) is 19.6. The van der Waals surface area contributed by atoms with Crippen LogP contribution in [-0.2, 0) is 20.8 Å². The molecule has 2 aromatic carbocycles. The molecule has 1 heterocycles. The van der Waals surface area contributed by atoms with E-state index in [1.165, 1.54) is 18.2 Å². The Morgan fingerprint density at radius 1 is 1.00 bits per heavy atom. The SMILES string of the molecule is CCN(CC)C(=O)COC(=O)c1cc(N)ccc1OC(=O)c1ccc(CN2CCOCC2)cc1. The van der Waals surface area contributed by atoms with Gasteiger partial charge in [-0.25, -0.2) is 9.59 Å². The predicted octanol–water partition coefficient (Wildman–Crippen LogP) is 2.35. The molecule has 1 fully saturated rings. The molecule has 0 radical (unpaired) electrons. The second kappa shape index (κ2) is 12.2. The van der Waals surface area contributed by atoms with Gasteiger partial charge in [-0.2, -0.15) is 0 Å². The number of carbonyl (C=O) groups excluding carboxylic acids is 3. The third kappa shape index (κ3) is 6.79. The van der Waals surface area contributed by atoms with E-state index in [2.05, 4.69) is 4.90 Å². The highest BCUT2D eigenvalue weighted by molar-refractivity contribution is 5.97. The van der Waals surface area contributed by atoms with Crippen molar-refractivity contribution in [2.45, 2.75) is 20.4 Å². The molecule has 1 amide bonds. The first-order valence-corrected chi connectivity index (χ1v) is 11.4. The van der Waals surface area contributed by atoms with E-state index < -0.39 is 18.5 Å². The number of likely N-dealkylation sites (N-methyl/N-ethyl adjacent to an activating group) is 1. The van der Waals surface area contributed by atoms with Gasteiger partial charge in [-0.3, -0.25) is 9.69 Å². The minimum Gasteiger partial charge on any atom is -0.452 e. The fourth-order valence-corrected chi connectivity index (χ4v) is 3.59. The van der Waals surface area contributed by atoms with Crippen molar-refractivity contribution in [3.8, 4) is 5.75 Å². The van der Waals surface area contributed by atoms with Gasteiger partial charge in [-0.15, -0.1) is 0 Å². The third-order valence-corrected chi connectivity index (χ3v) is 5.57. The predicted molar refractivity (Wildman–Crippen MR) is 127 cm³/mol. The molecule has 2 N–H and O–H groups in total. The number of esters is 2. The number of anilines is 1. The molecule has 3 rings (SSSR count). The highest BCUT2D eigenvalue weighted by Gasteiger charge is 2.20. The summed E-state index contributed by atoms with van der Waals surface area (Å²) in [5, 5.41) is 0. The molecule has 0 spiro atoms. The largest absolute Gasteiger partial charge is 0.452 e. The Bertz CT molecular complexity index is 998. The Morgan fingerprint density at radius 2 is 1.68 bits per heavy atom. The second-order valence-electron chi connectivity index (χ2n) is 7.87. The summed E-state index contributed by atoms with van der Waals surface area (Å²) in [7, 11) is 0. The van der Waals surface area contributed by atoms with Gasteiger partial charge in [-0.1, -0.05) is 12.1 Å². The van der Waals surface area contributed by atoms with Gasteiger partial charge in [0.25, 0.3) is 5.91 Å². The van der Waals surface area contributed by atoms with Crippen LogP contribution in [0.15, 0.2) is 42.5 Å². The summed E-state index contributed by atoms with van der Waals surface area (Å²) in [5.41, 5.74) is 7.51. The number of rotatable bonds is 9. The fraction of sp³-hybridized carbons (Fsp3) is 0.400. The van der Waals surface area contributed by atoms with Gasteiger partial charge < -0.3 is 24.8 Å². The first kappa shape index (κ1) is 25.2. The summed E-state index contributed by atoms with van der Waals surface area (Å²) in [6, 6.07) is 11.4. The molecule has 0 atom stereocenters. The van der Waals surface area contributed by atoms with Crippen LogP contribution in [0.25, 0.3) is 0 Å². The van der Waals surface area contributed by atoms with E-state index in [1.54, 1.807) is 17.0 Å². The number of ether oxygens (including phenoxy) is 3. The Labute approximate surface area is 199 Å². The van der Waals surface area contributed by atoms with Crippen molar-refractivity contribution in [2.75, 3.05) is 51.7 Å². The molecule has 1 saturated heterocycles. The number of hydrogen-bond donors (Lipinski definition) is 1. The molecule has 0 aliphatic carbocycles. The van der Waals surface area contributed by atoms with Crippen molar-refractivity contribution >= 4 is 23.5 Å². The maximum atomic E-state index is 12.7. The van der Waals surface area contributed by atoms with E-state index in [4.69, 9.17) is 19.9 Å². The van der Waals surface area contributed by atoms with E-state index in [1.807, 2.05) is 26.0 Å². The molecule has 182 valence electrons. The number of benzene rings is 2. The van der Waals surface area contributed by atoms with Crippen LogP contribution in [-0.4, -0.2) is 73.6 Å². The summed E-state index contributed by atoms with van der Waals surface area (Å²) in [6.45, 7) is 8.27. The quantitative estimate of drug-likeness (QED) is 0.338. The lowest BCUT2D eigenvalue weighted by molar-refractivity contribution is -0.134. The van der Waals surface area contributed by atoms with Gasteiger partial charge in [0.2, 0.25) is 0 Å². The topological polar surface area (TPSA) is 111 Å². The summed E-state index contributed by atoms with van der Waals surface area (Å²) < 4.78 is 16.0. The van der Waals surface area contributed by atoms with Gasteiger partial charge in [-0.05, 0) is 49.7 Å². The standard InChI is InChI=1S/C25H31N3O6/c1-3-28(4-2)23(29)17-33-25(31)21-15-20(26)9-10-22(21)34-24(30)19-7-5-18(6-8-19)16-27-11-13-32-14-12-27/h5-10,15H,3-4,11-14,16-17,26H2,1-2H3. The Morgan fingerprint density at radius 3 is 2.32 bits per heavy atom. The third-order valence-electron chi connectivity index (χ3n) is 5.57. The lowest BCUT2D eigenvalue weighted by atomic mass is 10.1. The average Bonchev–Trinajstić information content (AvgIpc) is 2.85. The van der Waals surface area contributed by atoms with Crippen LogP contribution in [0.3, 0.4) is 0 Å². The molecule has 0 bridgehead atoms. The van der Waals surface area contributed by atoms with E-state index in [-0.39, 0.29) is 17.2 Å². The molecule has 1 aliphatic heterocycles. The van der Waals surface area contributed by atoms with Gasteiger partial charge >= 0.3 is 11.9 Å². The Hall–Kier alpha value is -3.43. The Kier molecular flexibility index (Phi) is 9.00. The summed E-state index contributed by atoms with van der Waals surface area (Å²) >= 11 is 0. The van der Waals surface area contributed by atoms with E-state index >= 15 is 0 Å². The lowest BCUT2D eigenvalue weighted by Gasteiger charge is -2.26. The molecule has 34 heavy (non-hydrogen) atoms. The van der Waals surface area contributed by atoms with Crippen molar-refractivity contribution in [2.24, 2.45) is 0 Å². The van der Waals surface area contributed by atoms with Crippen LogP contribution >= 0.6 is 0 Å². The maximum Gasteiger partial charge on any atom is 0.343 e. The molecule has 0 saturated carbocycles. The second-order valence-corrected chi connectivity index (χ2v) is 7.87. The first-order chi connectivity index (χ1) is 16.4. The van der Waals surface area contributed by atoms with Crippen LogP contribution in [0.5, 0.6) is 5.75 Å². The minimum absolute atomic E-state index is 0.0110. The number of carbonyl (C=O) groups is 3. The Balaban J connectivity index is 1.65. The lowest BCUT2D eigenvalue weighted by Crippen LogP contribution is -2.35. The molecule has 2 aromatic rings. The molecule has 1 aliphatic rings. The highest BCUT2D eigenvalue weighted by Crippen LogP contribution is 2.24. The van der Waals surface area contributed by atoms with E-state index in [9.17, 15) is 14.4 Å². The first-order valence-electron chi connectivity index (χ1n) is 11.4. The summed E-state index contributed by atoms with van der Waals surface area (Å²) in [6.07, 6.45) is 0. The van der Waals surface area contributed by atoms with Crippen molar-refractivity contribution in [3.05, 3.63) is 59.2 Å². The minimum atomic E-state index is -0.795. The average molecular weight is 470 g/mol. The molecule has 0 unspecified atom stereocenters. The summed E-state index contributed by atoms with van der Waals surface area (Å²) in [4.78, 5) is 41.3. The number of morpholine rings is 1. The zero-order valence-electron chi connectivity index (χ0n) is 19.6. The van der Waals surface area contributed by atoms with Crippen LogP contribution in [0, 0.1) is 0 Å². The number of nitrogens with zero attached hydrogens (tertiary/aromatic N) is 2. The molecule has 0 aromatic heterocycles. The molecular formula is C25H31N3O6. The number of nitrogen functional groups attached to an aromatic ring is 1. The van der Waals surface area contributed by atoms with Gasteiger partial charge in [0, 0.05) is 38.4 Å². The van der Waals surface area contributed by atoms with Crippen molar-refractivity contribution in [1.82, 2.24) is 9.80 Å². The van der Waals surface area contributed by atoms with Gasteiger partial charge in [0.1, 0.15) is 11.3 Å². The fourth-order valence-electron chi connectivity index (χ4n) is 3.59. The maximum absolute atomic E-state index is 12.7. The van der Waals surface area contributed by atoms with Crippen LogP contribution in [0.4, 0.5) is 5.69 Å². The zero-order chi connectivity index (χ0) is 24.5. The number of hydrogen-bond acceptors (Lipinski definition) is 8. The van der Waals surface area contributed by atoms with Crippen LogP contribution in [0.2, 0.25) is 0 Å². The number of amides is 1. The van der Waals surface area contributed by atoms with Crippen molar-refractivity contribution in [3.63, 3.8) is 0 Å². The van der Waals surface area contributed by atoms with Crippen LogP contribution in [0.1, 0.15) is 40.1 Å². The van der Waals surface area contributed by atoms with Crippen LogP contribution < -0.4 is 10.5 Å². The molecule has 9 nitrogen and oxygen atoms in total. The molecular weight excluding hydrogens is 438 g/mol. The number of nitrogens with two attached hydrogens (primary N) is 1. The van der Waals surface area contributed by atoms with Crippen molar-refractivity contribution < 1.29 is 28.6 Å². The molecule has 9 heteroatoms. The van der Waals surface area contributed by atoms with Gasteiger partial charge in [0.15, 0.2) is 6.61 Å². The highest BCUT2D eigenvalue weighted by atomic mass is 16.6. The van der Waals surface area contributed by atoms with Gasteiger partial charge in [0.05, 0.1) is 18.8 Å². The summed E-state index contributed by atoms with van der Waals surface area (Å²) in [5.74, 6) is -1.71. The van der Waals surface area contributed by atoms with E-state index in [0.717, 1.165) is 38.4 Å². The van der Waals surface area contributed by atoms with E-state index in [0.29, 0.717) is 24.3 Å². The normalized spacial score (nSPS) is 13.8.